The van der Waals surface area contributed by atoms with Crippen molar-refractivity contribution in [1.82, 2.24) is 4.98 Å². The number of carbonyl (C=O) groups is 1. The Hall–Kier alpha value is -3.86. The number of esters is 1. The Morgan fingerprint density at radius 2 is 1.91 bits per heavy atom. The number of carbonyl (C=O) groups excluding carboxylic acids is 1. The van der Waals surface area contributed by atoms with Gasteiger partial charge in [0.1, 0.15) is 11.8 Å². The zero-order chi connectivity index (χ0) is 23.8. The van der Waals surface area contributed by atoms with E-state index in [1.54, 1.807) is 43.3 Å². The number of aryl methyl sites for hydroxylation is 1. The number of hydrogen-bond acceptors (Lipinski definition) is 5. The molecule has 5 nitrogen and oxygen atoms in total. The summed E-state index contributed by atoms with van der Waals surface area (Å²) in [6.45, 7) is 2.06. The van der Waals surface area contributed by atoms with Crippen LogP contribution in [0.4, 0.5) is 13.2 Å². The van der Waals surface area contributed by atoms with Crippen molar-refractivity contribution in [2.45, 2.75) is 25.9 Å². The van der Waals surface area contributed by atoms with Gasteiger partial charge in [-0.2, -0.15) is 18.4 Å². The Labute approximate surface area is 189 Å². The van der Waals surface area contributed by atoms with Gasteiger partial charge in [-0.3, -0.25) is 4.98 Å². The minimum absolute atomic E-state index is 0.137. The third-order valence-electron chi connectivity index (χ3n) is 4.85. The van der Waals surface area contributed by atoms with Crippen LogP contribution in [-0.2, 0) is 17.3 Å². The fraction of sp³-hybridized carbons (Fsp3) is 0.240. The normalized spacial score (nSPS) is 11.0. The topological polar surface area (TPSA) is 72.2 Å². The molecule has 0 saturated carbocycles. The molecule has 3 rings (SSSR count). The van der Waals surface area contributed by atoms with Crippen LogP contribution in [0.2, 0.25) is 0 Å². The first-order valence-electron chi connectivity index (χ1n) is 10.3. The molecule has 33 heavy (non-hydrogen) atoms. The van der Waals surface area contributed by atoms with E-state index in [0.29, 0.717) is 23.4 Å². The van der Waals surface area contributed by atoms with Crippen molar-refractivity contribution < 1.29 is 27.4 Å². The Morgan fingerprint density at radius 3 is 2.64 bits per heavy atom. The molecule has 0 atom stereocenters. The van der Waals surface area contributed by atoms with Gasteiger partial charge in [0.15, 0.2) is 0 Å². The second-order valence-corrected chi connectivity index (χ2v) is 7.05. The molecule has 0 radical (unpaired) electrons. The molecule has 2 aromatic carbocycles. The summed E-state index contributed by atoms with van der Waals surface area (Å²) in [6.07, 6.45) is -2.35. The second-order valence-electron chi connectivity index (χ2n) is 7.05. The number of pyridine rings is 1. The summed E-state index contributed by atoms with van der Waals surface area (Å²) in [5, 5.41) is 9.55. The zero-order valence-electron chi connectivity index (χ0n) is 17.9. The number of nitrogens with zero attached hydrogens (tertiary/aromatic N) is 2. The maximum Gasteiger partial charge on any atom is 0.416 e. The van der Waals surface area contributed by atoms with Crippen LogP contribution in [0.3, 0.4) is 0 Å². The molecule has 0 N–H and O–H groups in total. The smallest absolute Gasteiger partial charge is 0.416 e. The van der Waals surface area contributed by atoms with Crippen LogP contribution in [0.25, 0.3) is 11.3 Å². The van der Waals surface area contributed by atoms with Crippen LogP contribution in [-0.4, -0.2) is 24.2 Å². The fourth-order valence-corrected chi connectivity index (χ4v) is 3.36. The highest BCUT2D eigenvalue weighted by atomic mass is 19.4. The van der Waals surface area contributed by atoms with Crippen molar-refractivity contribution in [3.05, 3.63) is 83.0 Å². The van der Waals surface area contributed by atoms with E-state index < -0.39 is 17.7 Å². The molecular formula is C25H21F3N2O3. The maximum absolute atomic E-state index is 13.1. The average Bonchev–Trinajstić information content (AvgIpc) is 2.81. The van der Waals surface area contributed by atoms with Gasteiger partial charge in [0.05, 0.1) is 35.6 Å². The quantitative estimate of drug-likeness (QED) is 0.316. The van der Waals surface area contributed by atoms with E-state index in [1.807, 2.05) is 6.07 Å². The van der Waals surface area contributed by atoms with Crippen molar-refractivity contribution in [3.63, 3.8) is 0 Å². The number of benzene rings is 2. The molecule has 0 aliphatic rings. The predicted octanol–water partition coefficient (Wildman–Crippen LogP) is 5.83. The van der Waals surface area contributed by atoms with Crippen LogP contribution in [0, 0.1) is 11.3 Å². The second kappa shape index (κ2) is 10.6. The highest BCUT2D eigenvalue weighted by Crippen LogP contribution is 2.32. The molecule has 1 heterocycles. The van der Waals surface area contributed by atoms with Gasteiger partial charge in [-0.15, -0.1) is 0 Å². The molecule has 8 heteroatoms. The van der Waals surface area contributed by atoms with E-state index in [4.69, 9.17) is 9.47 Å². The summed E-state index contributed by atoms with van der Waals surface area (Å²) in [7, 11) is 0. The Kier molecular flexibility index (Phi) is 7.67. The van der Waals surface area contributed by atoms with E-state index >= 15 is 0 Å². The Morgan fingerprint density at radius 1 is 1.12 bits per heavy atom. The summed E-state index contributed by atoms with van der Waals surface area (Å²) in [6, 6.07) is 15.5. The number of halogens is 3. The lowest BCUT2D eigenvalue weighted by molar-refractivity contribution is -0.138. The summed E-state index contributed by atoms with van der Waals surface area (Å²) in [5.41, 5.74) is 0.972. The third kappa shape index (κ3) is 5.89. The molecule has 0 unspecified atom stereocenters. The minimum Gasteiger partial charge on any atom is -0.492 e. The molecule has 0 amide bonds. The van der Waals surface area contributed by atoms with Crippen LogP contribution in [0.15, 0.2) is 60.8 Å². The molecule has 0 bridgehead atoms. The number of nitriles is 1. The summed E-state index contributed by atoms with van der Waals surface area (Å²) in [4.78, 5) is 16.5. The lowest BCUT2D eigenvalue weighted by Crippen LogP contribution is -2.10. The molecule has 170 valence electrons. The fourth-order valence-electron chi connectivity index (χ4n) is 3.36. The van der Waals surface area contributed by atoms with Gasteiger partial charge in [0, 0.05) is 11.8 Å². The minimum atomic E-state index is -4.41. The van der Waals surface area contributed by atoms with E-state index in [2.05, 4.69) is 4.98 Å². The largest absolute Gasteiger partial charge is 0.492 e. The van der Waals surface area contributed by atoms with Gasteiger partial charge in [0.2, 0.25) is 0 Å². The van der Waals surface area contributed by atoms with E-state index in [9.17, 15) is 23.2 Å². The molecule has 0 saturated heterocycles. The highest BCUT2D eigenvalue weighted by molar-refractivity contribution is 5.96. The van der Waals surface area contributed by atoms with E-state index in [0.717, 1.165) is 6.07 Å². The van der Waals surface area contributed by atoms with Crippen molar-refractivity contribution in [2.75, 3.05) is 13.2 Å². The van der Waals surface area contributed by atoms with Gasteiger partial charge in [-0.25, -0.2) is 4.79 Å². The average molecular weight is 454 g/mol. The third-order valence-corrected chi connectivity index (χ3v) is 4.85. The van der Waals surface area contributed by atoms with Crippen LogP contribution < -0.4 is 4.74 Å². The molecule has 0 aliphatic carbocycles. The number of aromatic nitrogens is 1. The first kappa shape index (κ1) is 23.8. The Bertz CT molecular complexity index is 1170. The summed E-state index contributed by atoms with van der Waals surface area (Å²) in [5.74, 6) is -0.211. The molecule has 0 fully saturated rings. The molecule has 3 aromatic rings. The number of hydrogen-bond donors (Lipinski definition) is 0. The number of ether oxygens (including phenoxy) is 2. The predicted molar refractivity (Wildman–Crippen MR) is 116 cm³/mol. The zero-order valence-corrected chi connectivity index (χ0v) is 17.9. The van der Waals surface area contributed by atoms with E-state index in [1.165, 1.54) is 18.3 Å². The lowest BCUT2D eigenvalue weighted by Gasteiger charge is -2.13. The van der Waals surface area contributed by atoms with Crippen LogP contribution in [0.5, 0.6) is 5.75 Å². The van der Waals surface area contributed by atoms with Gasteiger partial charge in [0.25, 0.3) is 0 Å². The molecule has 1 aromatic heterocycles. The number of rotatable bonds is 8. The van der Waals surface area contributed by atoms with Gasteiger partial charge < -0.3 is 9.47 Å². The Balaban J connectivity index is 1.72. The van der Waals surface area contributed by atoms with Crippen LogP contribution >= 0.6 is 0 Å². The van der Waals surface area contributed by atoms with Gasteiger partial charge in [-0.1, -0.05) is 18.2 Å². The number of alkyl halides is 3. The van der Waals surface area contributed by atoms with Crippen molar-refractivity contribution in [1.29, 1.82) is 5.26 Å². The maximum atomic E-state index is 13.1. The van der Waals surface area contributed by atoms with E-state index in [-0.39, 0.29) is 36.3 Å². The molecule has 0 aliphatic heterocycles. The SMILES string of the molecule is CCOC(=O)c1cccnc1-c1ccc(OCCCc2ccccc2C(F)(F)F)c(C#N)c1. The first-order chi connectivity index (χ1) is 15.8. The van der Waals surface area contributed by atoms with Crippen molar-refractivity contribution >= 4 is 5.97 Å². The molecular weight excluding hydrogens is 433 g/mol. The summed E-state index contributed by atoms with van der Waals surface area (Å²) >= 11 is 0. The summed E-state index contributed by atoms with van der Waals surface area (Å²) < 4.78 is 50.1. The van der Waals surface area contributed by atoms with Crippen LogP contribution in [0.1, 0.15) is 40.4 Å². The van der Waals surface area contributed by atoms with Gasteiger partial charge >= 0.3 is 12.1 Å². The first-order valence-corrected chi connectivity index (χ1v) is 10.3. The van der Waals surface area contributed by atoms with Crippen molar-refractivity contribution in [3.8, 4) is 23.1 Å². The monoisotopic (exact) mass is 454 g/mol. The van der Waals surface area contributed by atoms with Gasteiger partial charge in [-0.05, 0) is 61.7 Å². The van der Waals surface area contributed by atoms with Crippen molar-refractivity contribution in [2.24, 2.45) is 0 Å². The highest BCUT2D eigenvalue weighted by Gasteiger charge is 2.32. The lowest BCUT2D eigenvalue weighted by atomic mass is 10.0. The standard InChI is InChI=1S/C25H21F3N2O3/c1-2-32-24(31)20-9-5-13-30-23(20)18-11-12-22(19(15-18)16-29)33-14-6-8-17-7-3-4-10-21(17)25(26,27)28/h3-5,7,9-13,15H,2,6,8,14H2,1H3. The molecule has 0 spiro atoms.